The molecular formula is C16H21FO2. The standard InChI is InChI=1S/C16H21FO2/c17-13-8-6-12-7-9-15(19-16(12)10-13)11-18-14-4-2-1-3-5-14/h6,8,10,14-15H,1-5,7,9,11H2. The topological polar surface area (TPSA) is 18.5 Å². The van der Waals surface area contributed by atoms with Gasteiger partial charge in [0, 0.05) is 6.07 Å². The molecule has 0 radical (unpaired) electrons. The van der Waals surface area contributed by atoms with Gasteiger partial charge in [-0.2, -0.15) is 0 Å². The van der Waals surface area contributed by atoms with Crippen molar-refractivity contribution in [2.75, 3.05) is 6.61 Å². The molecule has 1 aliphatic carbocycles. The van der Waals surface area contributed by atoms with E-state index < -0.39 is 0 Å². The van der Waals surface area contributed by atoms with Gasteiger partial charge in [-0.1, -0.05) is 25.3 Å². The van der Waals surface area contributed by atoms with Crippen molar-refractivity contribution in [2.24, 2.45) is 0 Å². The van der Waals surface area contributed by atoms with E-state index in [-0.39, 0.29) is 11.9 Å². The summed E-state index contributed by atoms with van der Waals surface area (Å²) in [4.78, 5) is 0. The normalized spacial score (nSPS) is 23.7. The van der Waals surface area contributed by atoms with Crippen LogP contribution in [0.25, 0.3) is 0 Å². The lowest BCUT2D eigenvalue weighted by Crippen LogP contribution is -2.30. The molecule has 104 valence electrons. The lowest BCUT2D eigenvalue weighted by Gasteiger charge is -2.29. The summed E-state index contributed by atoms with van der Waals surface area (Å²) in [7, 11) is 0. The van der Waals surface area contributed by atoms with Gasteiger partial charge >= 0.3 is 0 Å². The summed E-state index contributed by atoms with van der Waals surface area (Å²) in [6.45, 7) is 0.640. The smallest absolute Gasteiger partial charge is 0.126 e. The Bertz CT molecular complexity index is 427. The minimum Gasteiger partial charge on any atom is -0.488 e. The van der Waals surface area contributed by atoms with Crippen LogP contribution in [0.1, 0.15) is 44.1 Å². The molecule has 3 heteroatoms. The molecule has 0 aromatic heterocycles. The zero-order valence-electron chi connectivity index (χ0n) is 11.2. The molecule has 1 aliphatic heterocycles. The summed E-state index contributed by atoms with van der Waals surface area (Å²) >= 11 is 0. The highest BCUT2D eigenvalue weighted by Crippen LogP contribution is 2.29. The van der Waals surface area contributed by atoms with Gasteiger partial charge in [0.05, 0.1) is 12.7 Å². The van der Waals surface area contributed by atoms with Crippen molar-refractivity contribution in [3.05, 3.63) is 29.6 Å². The molecule has 19 heavy (non-hydrogen) atoms. The quantitative estimate of drug-likeness (QED) is 0.825. The first-order valence-electron chi connectivity index (χ1n) is 7.38. The number of benzene rings is 1. The molecule has 1 fully saturated rings. The van der Waals surface area contributed by atoms with E-state index in [1.807, 2.05) is 6.07 Å². The SMILES string of the molecule is Fc1ccc2c(c1)OC(COC1CCCCC1)CC2. The molecular weight excluding hydrogens is 243 g/mol. The van der Waals surface area contributed by atoms with Gasteiger partial charge in [0.2, 0.25) is 0 Å². The Morgan fingerprint density at radius 1 is 1.16 bits per heavy atom. The van der Waals surface area contributed by atoms with Crippen molar-refractivity contribution in [3.63, 3.8) is 0 Å². The van der Waals surface area contributed by atoms with E-state index in [1.54, 1.807) is 0 Å². The van der Waals surface area contributed by atoms with Gasteiger partial charge < -0.3 is 9.47 Å². The van der Waals surface area contributed by atoms with Gasteiger partial charge in [-0.25, -0.2) is 4.39 Å². The number of rotatable bonds is 3. The van der Waals surface area contributed by atoms with Gasteiger partial charge in [-0.15, -0.1) is 0 Å². The van der Waals surface area contributed by atoms with Gasteiger partial charge in [0.15, 0.2) is 0 Å². The van der Waals surface area contributed by atoms with Crippen LogP contribution in [0.4, 0.5) is 4.39 Å². The second-order valence-electron chi connectivity index (χ2n) is 5.62. The van der Waals surface area contributed by atoms with Gasteiger partial charge in [0.1, 0.15) is 17.7 Å². The van der Waals surface area contributed by atoms with Crippen LogP contribution in [0.5, 0.6) is 5.75 Å². The van der Waals surface area contributed by atoms with E-state index in [4.69, 9.17) is 9.47 Å². The molecule has 1 saturated carbocycles. The summed E-state index contributed by atoms with van der Waals surface area (Å²) in [5, 5.41) is 0. The maximum absolute atomic E-state index is 13.2. The Morgan fingerprint density at radius 2 is 2.00 bits per heavy atom. The van der Waals surface area contributed by atoms with Crippen molar-refractivity contribution < 1.29 is 13.9 Å². The maximum Gasteiger partial charge on any atom is 0.126 e. The molecule has 0 N–H and O–H groups in total. The van der Waals surface area contributed by atoms with Crippen molar-refractivity contribution in [1.29, 1.82) is 0 Å². The highest BCUT2D eigenvalue weighted by atomic mass is 19.1. The Kier molecular flexibility index (Phi) is 4.02. The fourth-order valence-corrected chi connectivity index (χ4v) is 2.99. The molecule has 1 atom stereocenters. The molecule has 2 nitrogen and oxygen atoms in total. The number of hydrogen-bond acceptors (Lipinski definition) is 2. The highest BCUT2D eigenvalue weighted by Gasteiger charge is 2.22. The van der Waals surface area contributed by atoms with E-state index in [2.05, 4.69) is 0 Å². The minimum atomic E-state index is -0.229. The average Bonchev–Trinajstić information content (AvgIpc) is 2.46. The molecule has 0 amide bonds. The summed E-state index contributed by atoms with van der Waals surface area (Å²) in [5.74, 6) is 0.469. The lowest BCUT2D eigenvalue weighted by atomic mass is 9.97. The van der Waals surface area contributed by atoms with Crippen LogP contribution in [-0.2, 0) is 11.2 Å². The lowest BCUT2D eigenvalue weighted by molar-refractivity contribution is -0.0210. The molecule has 3 rings (SSSR count). The first-order valence-corrected chi connectivity index (χ1v) is 7.38. The summed E-state index contributed by atoms with van der Waals surface area (Å²) in [6.07, 6.45) is 8.67. The molecule has 1 unspecified atom stereocenters. The predicted molar refractivity (Wildman–Crippen MR) is 72.0 cm³/mol. The molecule has 0 spiro atoms. The fourth-order valence-electron chi connectivity index (χ4n) is 2.99. The predicted octanol–water partition coefficient (Wildman–Crippen LogP) is 3.87. The monoisotopic (exact) mass is 264 g/mol. The van der Waals surface area contributed by atoms with Crippen LogP contribution in [0.3, 0.4) is 0 Å². The number of aryl methyl sites for hydroxylation is 1. The third-order valence-electron chi connectivity index (χ3n) is 4.13. The van der Waals surface area contributed by atoms with Crippen LogP contribution >= 0.6 is 0 Å². The zero-order chi connectivity index (χ0) is 13.1. The fraction of sp³-hybridized carbons (Fsp3) is 0.625. The Balaban J connectivity index is 1.53. The van der Waals surface area contributed by atoms with E-state index in [1.165, 1.54) is 44.2 Å². The van der Waals surface area contributed by atoms with Crippen molar-refractivity contribution in [3.8, 4) is 5.75 Å². The number of ether oxygens (including phenoxy) is 2. The van der Waals surface area contributed by atoms with Crippen LogP contribution < -0.4 is 4.74 Å². The number of halogens is 1. The summed E-state index contributed by atoms with van der Waals surface area (Å²) < 4.78 is 25.0. The zero-order valence-corrected chi connectivity index (χ0v) is 11.2. The van der Waals surface area contributed by atoms with Crippen molar-refractivity contribution in [1.82, 2.24) is 0 Å². The largest absolute Gasteiger partial charge is 0.488 e. The second-order valence-corrected chi connectivity index (χ2v) is 5.62. The van der Waals surface area contributed by atoms with Gasteiger partial charge in [-0.05, 0) is 37.3 Å². The first-order chi connectivity index (χ1) is 9.31. The molecule has 2 aliphatic rings. The van der Waals surface area contributed by atoms with Gasteiger partial charge in [0.25, 0.3) is 0 Å². The minimum absolute atomic E-state index is 0.0798. The Hall–Kier alpha value is -1.09. The first kappa shape index (κ1) is 12.9. The third-order valence-corrected chi connectivity index (χ3v) is 4.13. The molecule has 1 heterocycles. The van der Waals surface area contributed by atoms with Crippen LogP contribution in [-0.4, -0.2) is 18.8 Å². The van der Waals surface area contributed by atoms with E-state index in [0.29, 0.717) is 18.5 Å². The highest BCUT2D eigenvalue weighted by molar-refractivity contribution is 5.35. The van der Waals surface area contributed by atoms with E-state index >= 15 is 0 Å². The van der Waals surface area contributed by atoms with Crippen LogP contribution in [0.15, 0.2) is 18.2 Å². The second kappa shape index (κ2) is 5.91. The summed E-state index contributed by atoms with van der Waals surface area (Å²) in [6, 6.07) is 4.81. The van der Waals surface area contributed by atoms with Crippen LogP contribution in [0.2, 0.25) is 0 Å². The molecule has 1 aromatic rings. The van der Waals surface area contributed by atoms with Crippen molar-refractivity contribution >= 4 is 0 Å². The maximum atomic E-state index is 13.2. The Morgan fingerprint density at radius 3 is 2.84 bits per heavy atom. The molecule has 1 aromatic carbocycles. The number of hydrogen-bond donors (Lipinski definition) is 0. The molecule has 0 saturated heterocycles. The Labute approximate surface area is 113 Å². The summed E-state index contributed by atoms with van der Waals surface area (Å²) in [5.41, 5.74) is 1.11. The third kappa shape index (κ3) is 3.27. The van der Waals surface area contributed by atoms with Crippen molar-refractivity contribution in [2.45, 2.75) is 57.2 Å². The van der Waals surface area contributed by atoms with E-state index in [0.717, 1.165) is 18.4 Å². The van der Waals surface area contributed by atoms with E-state index in [9.17, 15) is 4.39 Å². The molecule has 0 bridgehead atoms. The number of fused-ring (bicyclic) bond motifs is 1. The van der Waals surface area contributed by atoms with Gasteiger partial charge in [-0.3, -0.25) is 0 Å². The van der Waals surface area contributed by atoms with Crippen LogP contribution in [0, 0.1) is 5.82 Å². The average molecular weight is 264 g/mol.